The van der Waals surface area contributed by atoms with Gasteiger partial charge in [0.1, 0.15) is 23.5 Å². The van der Waals surface area contributed by atoms with Crippen molar-refractivity contribution in [1.29, 1.82) is 0 Å². The molecule has 2 amide bonds. The van der Waals surface area contributed by atoms with Crippen LogP contribution in [0.2, 0.25) is 5.02 Å². The van der Waals surface area contributed by atoms with Crippen LogP contribution in [-0.4, -0.2) is 32.9 Å². The van der Waals surface area contributed by atoms with Crippen molar-refractivity contribution in [3.63, 3.8) is 0 Å². The number of halogens is 2. The largest absolute Gasteiger partial charge is 0.478 e. The molecule has 1 aromatic heterocycles. The van der Waals surface area contributed by atoms with Crippen molar-refractivity contribution < 1.29 is 23.9 Å². The quantitative estimate of drug-likeness (QED) is 0.493. The molecule has 0 saturated heterocycles. The van der Waals surface area contributed by atoms with E-state index in [0.29, 0.717) is 24.0 Å². The second-order valence-electron chi connectivity index (χ2n) is 7.92. The Morgan fingerprint density at radius 2 is 1.85 bits per heavy atom. The second-order valence-corrected chi connectivity index (χ2v) is 8.30. The fourth-order valence-electron chi connectivity index (χ4n) is 3.90. The van der Waals surface area contributed by atoms with Gasteiger partial charge in [0.2, 0.25) is 0 Å². The van der Waals surface area contributed by atoms with Gasteiger partial charge in [0.05, 0.1) is 16.6 Å². The van der Waals surface area contributed by atoms with Gasteiger partial charge in [-0.3, -0.25) is 9.59 Å². The number of hydrogen-bond donors (Lipinski definition) is 3. The zero-order chi connectivity index (χ0) is 24.4. The number of benzene rings is 2. The van der Waals surface area contributed by atoms with Crippen molar-refractivity contribution in [2.45, 2.75) is 32.4 Å². The molecule has 0 spiro atoms. The van der Waals surface area contributed by atoms with E-state index >= 15 is 0 Å². The lowest BCUT2D eigenvalue weighted by atomic mass is 10.0. The Morgan fingerprint density at radius 3 is 2.56 bits per heavy atom. The number of fused-ring (bicyclic) bond motifs is 1. The number of hydrogen-bond acceptors (Lipinski definition) is 5. The SMILES string of the molecule is Cc1cc(CNC(=O)c2cc(C(=O)NC3CCc4c3ccc(C(=O)O)c4Cl)ncn2)ccc1F. The van der Waals surface area contributed by atoms with E-state index in [-0.39, 0.29) is 40.4 Å². The fraction of sp³-hybridized carbons (Fsp3) is 0.208. The average Bonchev–Trinajstić information content (AvgIpc) is 3.23. The van der Waals surface area contributed by atoms with E-state index in [1.807, 2.05) is 0 Å². The average molecular weight is 483 g/mol. The van der Waals surface area contributed by atoms with Gasteiger partial charge in [0, 0.05) is 12.6 Å². The van der Waals surface area contributed by atoms with E-state index in [2.05, 4.69) is 20.6 Å². The summed E-state index contributed by atoms with van der Waals surface area (Å²) >= 11 is 6.24. The molecule has 1 aliphatic rings. The zero-order valence-corrected chi connectivity index (χ0v) is 18.8. The molecular weight excluding hydrogens is 463 g/mol. The van der Waals surface area contributed by atoms with Gasteiger partial charge >= 0.3 is 5.97 Å². The van der Waals surface area contributed by atoms with Crippen LogP contribution in [0.1, 0.15) is 66.1 Å². The number of aromatic nitrogens is 2. The first-order valence-electron chi connectivity index (χ1n) is 10.4. The lowest BCUT2D eigenvalue weighted by Crippen LogP contribution is -2.29. The number of aryl methyl sites for hydroxylation is 1. The normalized spacial score (nSPS) is 14.4. The maximum absolute atomic E-state index is 13.4. The summed E-state index contributed by atoms with van der Waals surface area (Å²) in [4.78, 5) is 44.5. The molecule has 1 unspecified atom stereocenters. The first kappa shape index (κ1) is 23.3. The van der Waals surface area contributed by atoms with Crippen LogP contribution in [0.25, 0.3) is 0 Å². The fourth-order valence-corrected chi connectivity index (χ4v) is 4.25. The third-order valence-electron chi connectivity index (χ3n) is 5.68. The van der Waals surface area contributed by atoms with Crippen LogP contribution in [0.5, 0.6) is 0 Å². The van der Waals surface area contributed by atoms with Crippen LogP contribution in [-0.2, 0) is 13.0 Å². The zero-order valence-electron chi connectivity index (χ0n) is 18.1. The molecule has 8 nitrogen and oxygen atoms in total. The number of carboxylic acid groups (broad SMARTS) is 1. The summed E-state index contributed by atoms with van der Waals surface area (Å²) in [7, 11) is 0. The minimum atomic E-state index is -1.11. The highest BCUT2D eigenvalue weighted by Gasteiger charge is 2.29. The minimum absolute atomic E-state index is 0.0134. The summed E-state index contributed by atoms with van der Waals surface area (Å²) < 4.78 is 13.4. The Morgan fingerprint density at radius 1 is 1.12 bits per heavy atom. The van der Waals surface area contributed by atoms with Crippen LogP contribution in [0.4, 0.5) is 4.39 Å². The van der Waals surface area contributed by atoms with Crippen LogP contribution >= 0.6 is 11.6 Å². The summed E-state index contributed by atoms with van der Waals surface area (Å²) in [5.74, 6) is -2.43. The number of nitrogens with one attached hydrogen (secondary N) is 2. The number of aromatic carboxylic acids is 1. The second kappa shape index (κ2) is 9.56. The van der Waals surface area contributed by atoms with Crippen LogP contribution in [0, 0.1) is 12.7 Å². The van der Waals surface area contributed by atoms with Crippen molar-refractivity contribution in [2.24, 2.45) is 0 Å². The maximum Gasteiger partial charge on any atom is 0.337 e. The Labute approximate surface area is 199 Å². The molecule has 3 N–H and O–H groups in total. The number of carbonyl (C=O) groups is 3. The number of nitrogens with zero attached hydrogens (tertiary/aromatic N) is 2. The topological polar surface area (TPSA) is 121 Å². The maximum atomic E-state index is 13.4. The predicted molar refractivity (Wildman–Crippen MR) is 121 cm³/mol. The van der Waals surface area contributed by atoms with Crippen LogP contribution in [0.15, 0.2) is 42.7 Å². The van der Waals surface area contributed by atoms with Crippen molar-refractivity contribution in [2.75, 3.05) is 0 Å². The molecule has 0 radical (unpaired) electrons. The van der Waals surface area contributed by atoms with Crippen molar-refractivity contribution >= 4 is 29.4 Å². The Bertz CT molecular complexity index is 1310. The third kappa shape index (κ3) is 4.74. The Hall–Kier alpha value is -3.85. The van der Waals surface area contributed by atoms with Gasteiger partial charge in [0.25, 0.3) is 11.8 Å². The van der Waals surface area contributed by atoms with Gasteiger partial charge < -0.3 is 15.7 Å². The molecule has 0 bridgehead atoms. The minimum Gasteiger partial charge on any atom is -0.478 e. The van der Waals surface area contributed by atoms with Gasteiger partial charge in [-0.2, -0.15) is 0 Å². The van der Waals surface area contributed by atoms with Crippen molar-refractivity contribution in [3.8, 4) is 0 Å². The van der Waals surface area contributed by atoms with Gasteiger partial charge in [0.15, 0.2) is 0 Å². The predicted octanol–water partition coefficient (Wildman–Crippen LogP) is 3.62. The van der Waals surface area contributed by atoms with Crippen LogP contribution < -0.4 is 10.6 Å². The van der Waals surface area contributed by atoms with E-state index in [4.69, 9.17) is 11.6 Å². The summed E-state index contributed by atoms with van der Waals surface area (Å²) in [6, 6.07) is 8.54. The smallest absolute Gasteiger partial charge is 0.337 e. The summed E-state index contributed by atoms with van der Waals surface area (Å²) in [6.45, 7) is 1.81. The standard InChI is InChI=1S/C24H20ClFN4O4/c1-12-8-13(2-6-17(12)26)10-27-22(31)19-9-20(29-11-28-19)23(32)30-18-7-5-15-14(18)3-4-16(21(15)25)24(33)34/h2-4,6,8-9,11,18H,5,7,10H2,1H3,(H,27,31)(H,30,32)(H,33,34). The molecule has 10 heteroatoms. The van der Waals surface area contributed by atoms with Crippen LogP contribution in [0.3, 0.4) is 0 Å². The van der Waals surface area contributed by atoms with E-state index in [9.17, 15) is 23.9 Å². The molecule has 3 aromatic rings. The molecule has 0 fully saturated rings. The summed E-state index contributed by atoms with van der Waals surface area (Å²) in [5.41, 5.74) is 2.70. The highest BCUT2D eigenvalue weighted by Crippen LogP contribution is 2.37. The molecular formula is C24H20ClFN4O4. The molecule has 1 heterocycles. The first-order valence-corrected chi connectivity index (χ1v) is 10.8. The molecule has 0 saturated carbocycles. The highest BCUT2D eigenvalue weighted by molar-refractivity contribution is 6.34. The van der Waals surface area contributed by atoms with E-state index < -0.39 is 17.8 Å². The number of rotatable bonds is 6. The Balaban J connectivity index is 1.43. The molecule has 1 atom stereocenters. The Kier molecular flexibility index (Phi) is 6.56. The van der Waals surface area contributed by atoms with E-state index in [0.717, 1.165) is 17.5 Å². The van der Waals surface area contributed by atoms with E-state index in [1.54, 1.807) is 25.1 Å². The van der Waals surface area contributed by atoms with Gasteiger partial charge in [-0.25, -0.2) is 19.2 Å². The number of carboxylic acids is 1. The van der Waals surface area contributed by atoms with Gasteiger partial charge in [-0.05, 0) is 54.2 Å². The summed E-state index contributed by atoms with van der Waals surface area (Å²) in [6.07, 6.45) is 2.21. The molecule has 2 aromatic carbocycles. The third-order valence-corrected chi connectivity index (χ3v) is 6.11. The first-order chi connectivity index (χ1) is 16.2. The van der Waals surface area contributed by atoms with E-state index in [1.165, 1.54) is 18.2 Å². The summed E-state index contributed by atoms with van der Waals surface area (Å²) in [5, 5.41) is 15.0. The number of amides is 2. The van der Waals surface area contributed by atoms with Crippen molar-refractivity contribution in [3.05, 3.63) is 92.8 Å². The molecule has 174 valence electrons. The monoisotopic (exact) mass is 482 g/mol. The number of carbonyl (C=O) groups excluding carboxylic acids is 2. The highest BCUT2D eigenvalue weighted by atomic mass is 35.5. The van der Waals surface area contributed by atoms with Gasteiger partial charge in [-0.15, -0.1) is 0 Å². The van der Waals surface area contributed by atoms with Crippen molar-refractivity contribution in [1.82, 2.24) is 20.6 Å². The van der Waals surface area contributed by atoms with Gasteiger partial charge in [-0.1, -0.05) is 29.8 Å². The lowest BCUT2D eigenvalue weighted by Gasteiger charge is -2.15. The molecule has 34 heavy (non-hydrogen) atoms. The molecule has 1 aliphatic carbocycles. The lowest BCUT2D eigenvalue weighted by molar-refractivity contribution is 0.0696. The molecule has 0 aliphatic heterocycles. The molecule has 4 rings (SSSR count).